The average Bonchev–Trinajstić information content (AvgIpc) is 2.55. The van der Waals surface area contributed by atoms with E-state index >= 15 is 0 Å². The summed E-state index contributed by atoms with van der Waals surface area (Å²) in [4.78, 5) is 11.7. The summed E-state index contributed by atoms with van der Waals surface area (Å²) >= 11 is 11.9. The van der Waals surface area contributed by atoms with Crippen molar-refractivity contribution in [3.63, 3.8) is 0 Å². The molecule has 0 aliphatic carbocycles. The van der Waals surface area contributed by atoms with Crippen molar-refractivity contribution in [1.82, 2.24) is 10.6 Å². The lowest BCUT2D eigenvalue weighted by molar-refractivity contribution is 0.236. The number of amides is 2. The van der Waals surface area contributed by atoms with Crippen molar-refractivity contribution in [3.05, 3.63) is 63.6 Å². The first kappa shape index (κ1) is 18.4. The van der Waals surface area contributed by atoms with Crippen molar-refractivity contribution in [2.75, 3.05) is 19.7 Å². The summed E-state index contributed by atoms with van der Waals surface area (Å²) in [5.74, 6) is 0.831. The number of ether oxygens (including phenoxy) is 1. The topological polar surface area (TPSA) is 50.4 Å². The van der Waals surface area contributed by atoms with Gasteiger partial charge in [0.15, 0.2) is 0 Å². The molecule has 0 unspecified atom stereocenters. The second-order valence-corrected chi connectivity index (χ2v) is 6.13. The van der Waals surface area contributed by atoms with Crippen LogP contribution in [0.25, 0.3) is 0 Å². The van der Waals surface area contributed by atoms with Gasteiger partial charge in [-0.1, -0.05) is 47.5 Å². The van der Waals surface area contributed by atoms with Gasteiger partial charge in [0.05, 0.1) is 6.54 Å². The molecule has 2 amide bonds. The van der Waals surface area contributed by atoms with Crippen molar-refractivity contribution in [3.8, 4) is 5.75 Å². The normalized spacial score (nSPS) is 10.3. The molecule has 0 saturated heterocycles. The van der Waals surface area contributed by atoms with E-state index in [0.717, 1.165) is 16.9 Å². The van der Waals surface area contributed by atoms with Crippen LogP contribution < -0.4 is 15.4 Å². The highest BCUT2D eigenvalue weighted by Crippen LogP contribution is 2.21. The van der Waals surface area contributed by atoms with E-state index in [1.165, 1.54) is 0 Å². The minimum absolute atomic E-state index is 0.228. The summed E-state index contributed by atoms with van der Waals surface area (Å²) in [7, 11) is 0. The number of carbonyl (C=O) groups is 1. The lowest BCUT2D eigenvalue weighted by atomic mass is 10.1. The smallest absolute Gasteiger partial charge is 0.314 e. The van der Waals surface area contributed by atoms with Crippen LogP contribution in [0.4, 0.5) is 4.79 Å². The minimum atomic E-state index is -0.228. The molecule has 0 fully saturated rings. The van der Waals surface area contributed by atoms with Crippen LogP contribution in [-0.2, 0) is 6.42 Å². The lowest BCUT2D eigenvalue weighted by Gasteiger charge is -2.11. The zero-order valence-electron chi connectivity index (χ0n) is 13.4. The first-order valence-corrected chi connectivity index (χ1v) is 8.46. The molecule has 128 valence electrons. The van der Waals surface area contributed by atoms with E-state index in [9.17, 15) is 4.79 Å². The quantitative estimate of drug-likeness (QED) is 0.720. The van der Waals surface area contributed by atoms with Crippen LogP contribution >= 0.6 is 23.2 Å². The third-order valence-corrected chi connectivity index (χ3v) is 4.02. The van der Waals surface area contributed by atoms with Gasteiger partial charge in [0, 0.05) is 16.6 Å². The maximum absolute atomic E-state index is 11.7. The Balaban J connectivity index is 1.62. The first-order chi connectivity index (χ1) is 11.6. The van der Waals surface area contributed by atoms with Gasteiger partial charge in [-0.2, -0.15) is 0 Å². The van der Waals surface area contributed by atoms with Gasteiger partial charge in [-0.3, -0.25) is 0 Å². The van der Waals surface area contributed by atoms with Crippen LogP contribution in [0.3, 0.4) is 0 Å². The number of halogens is 2. The van der Waals surface area contributed by atoms with Gasteiger partial charge in [0.1, 0.15) is 12.4 Å². The van der Waals surface area contributed by atoms with Gasteiger partial charge in [-0.05, 0) is 42.7 Å². The predicted molar refractivity (Wildman–Crippen MR) is 98.2 cm³/mol. The zero-order valence-corrected chi connectivity index (χ0v) is 15.0. The van der Waals surface area contributed by atoms with Crippen LogP contribution in [-0.4, -0.2) is 25.7 Å². The number of hydrogen-bond donors (Lipinski definition) is 2. The first-order valence-electron chi connectivity index (χ1n) is 7.70. The van der Waals surface area contributed by atoms with Crippen LogP contribution in [0.15, 0.2) is 42.5 Å². The van der Waals surface area contributed by atoms with E-state index in [1.54, 1.807) is 12.1 Å². The van der Waals surface area contributed by atoms with Gasteiger partial charge in [0.2, 0.25) is 0 Å². The fourth-order valence-electron chi connectivity index (χ4n) is 2.14. The lowest BCUT2D eigenvalue weighted by Crippen LogP contribution is -2.38. The molecule has 2 aromatic carbocycles. The summed E-state index contributed by atoms with van der Waals surface area (Å²) in [6, 6.07) is 12.9. The number of nitrogens with one attached hydrogen (secondary N) is 2. The highest BCUT2D eigenvalue weighted by molar-refractivity contribution is 6.35. The molecular formula is C18H20Cl2N2O2. The molecule has 2 N–H and O–H groups in total. The van der Waals surface area contributed by atoms with Crippen molar-refractivity contribution in [1.29, 1.82) is 0 Å². The largest absolute Gasteiger partial charge is 0.491 e. The summed E-state index contributed by atoms with van der Waals surface area (Å²) in [6.07, 6.45) is 0.642. The molecule has 0 heterocycles. The summed E-state index contributed by atoms with van der Waals surface area (Å²) in [6.45, 7) is 3.33. The molecule has 4 nitrogen and oxygen atoms in total. The molecule has 2 rings (SSSR count). The van der Waals surface area contributed by atoms with Crippen LogP contribution in [0, 0.1) is 6.92 Å². The van der Waals surface area contributed by atoms with E-state index in [1.807, 2.05) is 37.3 Å². The van der Waals surface area contributed by atoms with Crippen molar-refractivity contribution < 1.29 is 9.53 Å². The maximum Gasteiger partial charge on any atom is 0.314 e. The molecule has 0 bridgehead atoms. The van der Waals surface area contributed by atoms with Gasteiger partial charge in [-0.25, -0.2) is 4.79 Å². The number of carbonyl (C=O) groups excluding carboxylic acids is 1. The Bertz CT molecular complexity index is 692. The number of benzene rings is 2. The van der Waals surface area contributed by atoms with Crippen LogP contribution in [0.2, 0.25) is 10.0 Å². The van der Waals surface area contributed by atoms with Gasteiger partial charge >= 0.3 is 6.03 Å². The van der Waals surface area contributed by atoms with Crippen molar-refractivity contribution in [2.45, 2.75) is 13.3 Å². The molecule has 0 saturated carbocycles. The minimum Gasteiger partial charge on any atom is -0.491 e. The molecular weight excluding hydrogens is 347 g/mol. The molecule has 0 aromatic heterocycles. The molecule has 2 aromatic rings. The Morgan fingerprint density at radius 3 is 2.58 bits per heavy atom. The number of urea groups is 1. The van der Waals surface area contributed by atoms with Crippen molar-refractivity contribution in [2.24, 2.45) is 0 Å². The van der Waals surface area contributed by atoms with Gasteiger partial charge in [0.25, 0.3) is 0 Å². The Kier molecular flexibility index (Phi) is 7.22. The Morgan fingerprint density at radius 2 is 1.83 bits per heavy atom. The average molecular weight is 367 g/mol. The summed E-state index contributed by atoms with van der Waals surface area (Å²) < 4.78 is 5.62. The van der Waals surface area contributed by atoms with Crippen LogP contribution in [0.1, 0.15) is 11.1 Å². The number of aryl methyl sites for hydroxylation is 1. The summed E-state index contributed by atoms with van der Waals surface area (Å²) in [5.41, 5.74) is 2.02. The van der Waals surface area contributed by atoms with Gasteiger partial charge < -0.3 is 15.4 Å². The summed E-state index contributed by atoms with van der Waals surface area (Å²) in [5, 5.41) is 6.75. The second kappa shape index (κ2) is 9.40. The van der Waals surface area contributed by atoms with Crippen LogP contribution in [0.5, 0.6) is 5.75 Å². The molecule has 0 aliphatic heterocycles. The monoisotopic (exact) mass is 366 g/mol. The zero-order chi connectivity index (χ0) is 17.4. The van der Waals surface area contributed by atoms with Gasteiger partial charge in [-0.15, -0.1) is 0 Å². The van der Waals surface area contributed by atoms with E-state index in [4.69, 9.17) is 27.9 Å². The Hall–Kier alpha value is -1.91. The molecule has 0 atom stereocenters. The molecule has 0 aliphatic rings. The molecule has 6 heteroatoms. The number of rotatable bonds is 7. The molecule has 0 radical (unpaired) electrons. The Morgan fingerprint density at radius 1 is 1.08 bits per heavy atom. The van der Waals surface area contributed by atoms with E-state index in [2.05, 4.69) is 10.6 Å². The third-order valence-electron chi connectivity index (χ3n) is 3.43. The van der Waals surface area contributed by atoms with Crippen molar-refractivity contribution >= 4 is 29.2 Å². The number of para-hydroxylation sites is 1. The van der Waals surface area contributed by atoms with E-state index in [-0.39, 0.29) is 6.03 Å². The highest BCUT2D eigenvalue weighted by Gasteiger charge is 2.04. The Labute approximate surface area is 152 Å². The maximum atomic E-state index is 11.7. The van der Waals surface area contributed by atoms with E-state index < -0.39 is 0 Å². The predicted octanol–water partition coefficient (Wildman–Crippen LogP) is 4.22. The number of hydrogen-bond acceptors (Lipinski definition) is 2. The molecule has 24 heavy (non-hydrogen) atoms. The SMILES string of the molecule is Cc1ccccc1OCCNC(=O)NCCc1ccc(Cl)cc1Cl. The third kappa shape index (κ3) is 5.95. The fraction of sp³-hybridized carbons (Fsp3) is 0.278. The fourth-order valence-corrected chi connectivity index (χ4v) is 2.64. The van der Waals surface area contributed by atoms with E-state index in [0.29, 0.717) is 36.2 Å². The standard InChI is InChI=1S/C18H20Cl2N2O2/c1-13-4-2-3-5-17(13)24-11-10-22-18(23)21-9-8-14-6-7-15(19)12-16(14)20/h2-7,12H,8-11H2,1H3,(H2,21,22,23). The highest BCUT2D eigenvalue weighted by atomic mass is 35.5. The second-order valence-electron chi connectivity index (χ2n) is 5.28. The molecule has 0 spiro atoms.